The Morgan fingerprint density at radius 1 is 1.38 bits per heavy atom. The van der Waals surface area contributed by atoms with Crippen LogP contribution in [0.5, 0.6) is 0 Å². The quantitative estimate of drug-likeness (QED) is 0.602. The van der Waals surface area contributed by atoms with Crippen LogP contribution >= 0.6 is 23.6 Å². The molecule has 2 N–H and O–H groups in total. The zero-order valence-electron chi connectivity index (χ0n) is 14.7. The predicted octanol–water partition coefficient (Wildman–Crippen LogP) is 3.75. The average molecular weight is 389 g/mol. The van der Waals surface area contributed by atoms with Crippen molar-refractivity contribution in [3.63, 3.8) is 0 Å². The zero-order chi connectivity index (χ0) is 18.5. The van der Waals surface area contributed by atoms with Crippen molar-refractivity contribution in [2.75, 3.05) is 5.32 Å². The van der Waals surface area contributed by atoms with Crippen molar-refractivity contribution in [3.8, 4) is 11.4 Å². The van der Waals surface area contributed by atoms with Gasteiger partial charge in [0.05, 0.1) is 0 Å². The Hall–Kier alpha value is -2.39. The van der Waals surface area contributed by atoms with Gasteiger partial charge in [-0.2, -0.15) is 5.10 Å². The van der Waals surface area contributed by atoms with E-state index in [1.54, 1.807) is 0 Å². The maximum Gasteiger partial charge on any atom is 0.227 e. The van der Waals surface area contributed by atoms with Crippen LogP contribution < -0.4 is 5.32 Å². The van der Waals surface area contributed by atoms with Gasteiger partial charge >= 0.3 is 0 Å². The van der Waals surface area contributed by atoms with Crippen LogP contribution in [-0.2, 0) is 17.8 Å². The topological polar surface area (TPSA) is 88.5 Å². The second-order valence-corrected chi connectivity index (χ2v) is 7.37. The molecule has 0 radical (unpaired) electrons. The predicted molar refractivity (Wildman–Crippen MR) is 105 cm³/mol. The van der Waals surface area contributed by atoms with Crippen LogP contribution in [0.1, 0.15) is 30.3 Å². The van der Waals surface area contributed by atoms with Gasteiger partial charge in [0.25, 0.3) is 0 Å². The van der Waals surface area contributed by atoms with Gasteiger partial charge in [0.1, 0.15) is 5.01 Å². The Labute approximate surface area is 160 Å². The van der Waals surface area contributed by atoms with Gasteiger partial charge in [-0.25, -0.2) is 0 Å². The molecule has 0 aliphatic carbocycles. The van der Waals surface area contributed by atoms with Gasteiger partial charge in [-0.05, 0) is 31.6 Å². The first-order valence-corrected chi connectivity index (χ1v) is 9.63. The van der Waals surface area contributed by atoms with E-state index in [1.165, 1.54) is 11.3 Å². The Bertz CT molecular complexity index is 958. The molecule has 0 spiro atoms. The van der Waals surface area contributed by atoms with Gasteiger partial charge < -0.3 is 5.32 Å². The van der Waals surface area contributed by atoms with Crippen molar-refractivity contribution in [2.45, 2.75) is 39.7 Å². The van der Waals surface area contributed by atoms with Crippen molar-refractivity contribution >= 4 is 34.6 Å². The third-order valence-corrected chi connectivity index (χ3v) is 4.98. The molecule has 0 saturated carbocycles. The highest BCUT2D eigenvalue weighted by molar-refractivity contribution is 7.71. The molecule has 0 unspecified atom stereocenters. The molecule has 9 heteroatoms. The van der Waals surface area contributed by atoms with Gasteiger partial charge in [0.15, 0.2) is 10.6 Å². The molecule has 0 fully saturated rings. The first kappa shape index (κ1) is 18.4. The maximum absolute atomic E-state index is 12.2. The monoisotopic (exact) mass is 388 g/mol. The van der Waals surface area contributed by atoms with Crippen molar-refractivity contribution < 1.29 is 4.79 Å². The first-order valence-electron chi connectivity index (χ1n) is 8.41. The van der Waals surface area contributed by atoms with Crippen LogP contribution in [0.2, 0.25) is 0 Å². The second kappa shape index (κ2) is 8.33. The van der Waals surface area contributed by atoms with Gasteiger partial charge in [-0.3, -0.25) is 14.5 Å². The molecule has 0 aliphatic rings. The van der Waals surface area contributed by atoms with E-state index in [4.69, 9.17) is 12.2 Å². The van der Waals surface area contributed by atoms with Crippen molar-refractivity contribution in [2.24, 2.45) is 0 Å². The molecule has 0 bridgehead atoms. The van der Waals surface area contributed by atoms with E-state index in [0.29, 0.717) is 16.4 Å². The number of hydrogen-bond acceptors (Lipinski definition) is 6. The summed E-state index contributed by atoms with van der Waals surface area (Å²) < 4.78 is 2.34. The summed E-state index contributed by atoms with van der Waals surface area (Å²) in [5.41, 5.74) is 2.10. The number of anilines is 1. The van der Waals surface area contributed by atoms with Crippen LogP contribution in [0.3, 0.4) is 0 Å². The number of hydrogen-bond donors (Lipinski definition) is 2. The van der Waals surface area contributed by atoms with Crippen molar-refractivity contribution in [1.82, 2.24) is 25.0 Å². The van der Waals surface area contributed by atoms with Crippen LogP contribution in [0.4, 0.5) is 5.13 Å². The number of carbonyl (C=O) groups is 1. The molecule has 3 rings (SSSR count). The lowest BCUT2D eigenvalue weighted by molar-refractivity contribution is -0.116. The number of H-pyrrole nitrogens is 1. The molecule has 7 nitrogen and oxygen atoms in total. The van der Waals surface area contributed by atoms with Gasteiger partial charge in [0, 0.05) is 24.9 Å². The Morgan fingerprint density at radius 2 is 2.23 bits per heavy atom. The molecule has 0 aliphatic heterocycles. The minimum Gasteiger partial charge on any atom is -0.300 e. The first-order chi connectivity index (χ1) is 12.6. The highest BCUT2D eigenvalue weighted by Crippen LogP contribution is 2.20. The number of carbonyl (C=O) groups excluding carboxylic acids is 1. The molecule has 2 aromatic heterocycles. The lowest BCUT2D eigenvalue weighted by atomic mass is 10.1. The molecule has 3 aromatic rings. The number of nitrogens with zero attached hydrogens (tertiary/aromatic N) is 4. The standard InChI is InChI=1S/C17H20N6OS2/c1-3-5-14-19-21-16(26-14)18-13(24)8-9-23-15(20-22-17(23)25)12-7-4-6-11(2)10-12/h4,6-7,10H,3,5,8-9H2,1-2H3,(H,22,25)(H,18,21,24). The van der Waals surface area contributed by atoms with Crippen LogP contribution in [0, 0.1) is 11.7 Å². The molecule has 26 heavy (non-hydrogen) atoms. The summed E-state index contributed by atoms with van der Waals surface area (Å²) in [4.78, 5) is 12.2. The van der Waals surface area contributed by atoms with E-state index in [9.17, 15) is 4.79 Å². The van der Waals surface area contributed by atoms with E-state index in [-0.39, 0.29) is 12.3 Å². The summed E-state index contributed by atoms with van der Waals surface area (Å²) in [6.45, 7) is 4.54. The molecule has 0 saturated heterocycles. The summed E-state index contributed by atoms with van der Waals surface area (Å²) >= 11 is 6.73. The van der Waals surface area contributed by atoms with Crippen LogP contribution in [0.25, 0.3) is 11.4 Å². The fourth-order valence-electron chi connectivity index (χ4n) is 2.54. The van der Waals surface area contributed by atoms with Gasteiger partial charge in [-0.1, -0.05) is 42.0 Å². The van der Waals surface area contributed by atoms with Crippen molar-refractivity contribution in [1.29, 1.82) is 0 Å². The van der Waals surface area contributed by atoms with E-state index < -0.39 is 0 Å². The highest BCUT2D eigenvalue weighted by atomic mass is 32.1. The average Bonchev–Trinajstić information content (AvgIpc) is 3.20. The van der Waals surface area contributed by atoms with E-state index in [1.807, 2.05) is 35.8 Å². The normalized spacial score (nSPS) is 10.8. The van der Waals surface area contributed by atoms with Crippen molar-refractivity contribution in [3.05, 3.63) is 39.6 Å². The molecular weight excluding hydrogens is 368 g/mol. The smallest absolute Gasteiger partial charge is 0.227 e. The van der Waals surface area contributed by atoms with Gasteiger partial charge in [0.2, 0.25) is 11.0 Å². The third kappa shape index (κ3) is 4.41. The molecular formula is C17H20N6OS2. The summed E-state index contributed by atoms with van der Waals surface area (Å²) in [7, 11) is 0. The van der Waals surface area contributed by atoms with E-state index in [2.05, 4.69) is 32.6 Å². The summed E-state index contributed by atoms with van der Waals surface area (Å²) in [5, 5.41) is 19.4. The summed E-state index contributed by atoms with van der Waals surface area (Å²) in [6.07, 6.45) is 2.15. The number of aryl methyl sites for hydroxylation is 2. The zero-order valence-corrected chi connectivity index (χ0v) is 16.3. The van der Waals surface area contributed by atoms with Crippen LogP contribution in [-0.4, -0.2) is 30.9 Å². The lowest BCUT2D eigenvalue weighted by Crippen LogP contribution is -2.15. The third-order valence-electron chi connectivity index (χ3n) is 3.77. The molecule has 1 amide bonds. The van der Waals surface area contributed by atoms with E-state index >= 15 is 0 Å². The number of benzene rings is 1. The van der Waals surface area contributed by atoms with Crippen LogP contribution in [0.15, 0.2) is 24.3 Å². The Morgan fingerprint density at radius 3 is 3.00 bits per heavy atom. The molecule has 2 heterocycles. The minimum absolute atomic E-state index is 0.123. The minimum atomic E-state index is -0.123. The SMILES string of the molecule is CCCc1nnc(NC(=O)CCn2c(-c3cccc(C)c3)n[nH]c2=S)s1. The fourth-order valence-corrected chi connectivity index (χ4v) is 3.62. The largest absolute Gasteiger partial charge is 0.300 e. The number of amides is 1. The Kier molecular flexibility index (Phi) is 5.89. The molecule has 1 aromatic carbocycles. The molecule has 136 valence electrons. The molecule has 0 atom stereocenters. The van der Waals surface area contributed by atoms with E-state index in [0.717, 1.165) is 34.8 Å². The lowest BCUT2D eigenvalue weighted by Gasteiger charge is -2.07. The second-order valence-electron chi connectivity index (χ2n) is 5.92. The highest BCUT2D eigenvalue weighted by Gasteiger charge is 2.12. The number of aromatic nitrogens is 5. The fraction of sp³-hybridized carbons (Fsp3) is 0.353. The summed E-state index contributed by atoms with van der Waals surface area (Å²) in [6, 6.07) is 8.02. The summed E-state index contributed by atoms with van der Waals surface area (Å²) in [5.74, 6) is 0.607. The Balaban J connectivity index is 1.67. The number of aromatic amines is 1. The number of nitrogens with one attached hydrogen (secondary N) is 2. The maximum atomic E-state index is 12.2. The van der Waals surface area contributed by atoms with Gasteiger partial charge in [-0.15, -0.1) is 10.2 Å². The number of rotatable bonds is 7.